The van der Waals surface area contributed by atoms with E-state index in [1.807, 2.05) is 6.08 Å². The van der Waals surface area contributed by atoms with Crippen molar-refractivity contribution in [3.8, 4) is 0 Å². The molecule has 0 N–H and O–H groups in total. The number of nitro benzene ring substituents is 1. The summed E-state index contributed by atoms with van der Waals surface area (Å²) in [7, 11) is 0. The Morgan fingerprint density at radius 2 is 1.30 bits per heavy atom. The van der Waals surface area contributed by atoms with E-state index < -0.39 is 0 Å². The van der Waals surface area contributed by atoms with Gasteiger partial charge in [0.05, 0.1) is 4.92 Å². The second kappa shape index (κ2) is 5.92. The summed E-state index contributed by atoms with van der Waals surface area (Å²) in [6.45, 7) is 0. The molecule has 0 saturated carbocycles. The van der Waals surface area contributed by atoms with Crippen LogP contribution in [0.1, 0.15) is 11.1 Å². The summed E-state index contributed by atoms with van der Waals surface area (Å²) in [5.74, 6) is 0. The third-order valence-electron chi connectivity index (χ3n) is 5.12. The molecule has 5 aromatic rings. The standard InChI is InChI=1S/C24H15NO2/c26-25(27)21-13-5-16(6-14-21)4-7-17-8-9-20-11-10-18-2-1-3-19-12-15-22(17)24(20)23(18)19/h1-15H/b7-4+. The molecule has 5 rings (SSSR count). The van der Waals surface area contributed by atoms with Crippen LogP contribution in [0.2, 0.25) is 0 Å². The van der Waals surface area contributed by atoms with E-state index in [4.69, 9.17) is 0 Å². The summed E-state index contributed by atoms with van der Waals surface area (Å²) in [5, 5.41) is 18.3. The van der Waals surface area contributed by atoms with Crippen LogP contribution in [0, 0.1) is 10.1 Å². The lowest BCUT2D eigenvalue weighted by Gasteiger charge is -2.12. The average Bonchev–Trinajstić information content (AvgIpc) is 2.71. The van der Waals surface area contributed by atoms with Crippen LogP contribution in [-0.2, 0) is 0 Å². The molecule has 0 radical (unpaired) electrons. The SMILES string of the molecule is O=[N+]([O-])c1ccc(/C=C/c2ccc3ccc4cccc5ccc2c3c45)cc1. The Labute approximate surface area is 155 Å². The number of benzene rings is 5. The van der Waals surface area contributed by atoms with Gasteiger partial charge in [0.15, 0.2) is 0 Å². The van der Waals surface area contributed by atoms with E-state index in [1.165, 1.54) is 44.5 Å². The minimum atomic E-state index is -0.381. The molecule has 0 fully saturated rings. The Morgan fingerprint density at radius 3 is 2.00 bits per heavy atom. The van der Waals surface area contributed by atoms with E-state index in [0.717, 1.165) is 11.1 Å². The molecule has 0 aliphatic heterocycles. The van der Waals surface area contributed by atoms with Gasteiger partial charge in [-0.1, -0.05) is 66.7 Å². The normalized spacial score (nSPS) is 11.9. The molecule has 0 amide bonds. The average molecular weight is 349 g/mol. The highest BCUT2D eigenvalue weighted by atomic mass is 16.6. The molecule has 0 aliphatic rings. The van der Waals surface area contributed by atoms with Gasteiger partial charge in [0.25, 0.3) is 5.69 Å². The predicted octanol–water partition coefficient (Wildman–Crippen LogP) is 6.66. The fraction of sp³-hybridized carbons (Fsp3) is 0. The van der Waals surface area contributed by atoms with Crippen molar-refractivity contribution in [1.82, 2.24) is 0 Å². The zero-order chi connectivity index (χ0) is 18.4. The zero-order valence-corrected chi connectivity index (χ0v) is 14.4. The van der Waals surface area contributed by atoms with Crippen LogP contribution in [0.3, 0.4) is 0 Å². The number of rotatable bonds is 3. The van der Waals surface area contributed by atoms with Crippen molar-refractivity contribution in [2.24, 2.45) is 0 Å². The zero-order valence-electron chi connectivity index (χ0n) is 14.4. The summed E-state index contributed by atoms with van der Waals surface area (Å²) < 4.78 is 0. The molecule has 0 spiro atoms. The van der Waals surface area contributed by atoms with E-state index in [2.05, 4.69) is 60.7 Å². The maximum Gasteiger partial charge on any atom is 0.269 e. The first-order chi connectivity index (χ1) is 13.2. The van der Waals surface area contributed by atoms with Crippen molar-refractivity contribution in [3.05, 3.63) is 100 Å². The van der Waals surface area contributed by atoms with E-state index in [9.17, 15) is 10.1 Å². The number of hydrogen-bond acceptors (Lipinski definition) is 2. The van der Waals surface area contributed by atoms with Crippen LogP contribution in [0.5, 0.6) is 0 Å². The quantitative estimate of drug-likeness (QED) is 0.158. The summed E-state index contributed by atoms with van der Waals surface area (Å²) in [6, 6.07) is 26.0. The first-order valence-electron chi connectivity index (χ1n) is 8.80. The van der Waals surface area contributed by atoms with E-state index >= 15 is 0 Å². The Balaban J connectivity index is 1.66. The molecule has 0 bridgehead atoms. The Hall–Kier alpha value is -3.72. The highest BCUT2D eigenvalue weighted by Gasteiger charge is 2.09. The maximum atomic E-state index is 10.8. The molecule has 27 heavy (non-hydrogen) atoms. The monoisotopic (exact) mass is 349 g/mol. The van der Waals surface area contributed by atoms with Crippen molar-refractivity contribution < 1.29 is 4.92 Å². The van der Waals surface area contributed by atoms with E-state index in [1.54, 1.807) is 12.1 Å². The number of nitrogens with zero attached hydrogens (tertiary/aromatic N) is 1. The molecule has 0 saturated heterocycles. The van der Waals surface area contributed by atoms with Gasteiger partial charge in [0, 0.05) is 12.1 Å². The van der Waals surface area contributed by atoms with Crippen LogP contribution in [-0.4, -0.2) is 4.92 Å². The second-order valence-corrected chi connectivity index (χ2v) is 6.69. The van der Waals surface area contributed by atoms with Gasteiger partial charge in [0.2, 0.25) is 0 Å². The Bertz CT molecular complexity index is 1320. The molecule has 0 atom stereocenters. The second-order valence-electron chi connectivity index (χ2n) is 6.69. The van der Waals surface area contributed by atoms with Gasteiger partial charge >= 0.3 is 0 Å². The highest BCUT2D eigenvalue weighted by Crippen LogP contribution is 2.36. The Morgan fingerprint density at radius 1 is 0.667 bits per heavy atom. The third-order valence-corrected chi connectivity index (χ3v) is 5.12. The number of nitro groups is 1. The van der Waals surface area contributed by atoms with Gasteiger partial charge in [-0.2, -0.15) is 0 Å². The summed E-state index contributed by atoms with van der Waals surface area (Å²) in [6.07, 6.45) is 4.07. The van der Waals surface area contributed by atoms with Crippen LogP contribution in [0.25, 0.3) is 44.5 Å². The van der Waals surface area contributed by atoms with Crippen molar-refractivity contribution >= 4 is 50.2 Å². The molecule has 3 nitrogen and oxygen atoms in total. The van der Waals surface area contributed by atoms with Gasteiger partial charge in [0.1, 0.15) is 0 Å². The molecular formula is C24H15NO2. The van der Waals surface area contributed by atoms with Gasteiger partial charge in [-0.15, -0.1) is 0 Å². The van der Waals surface area contributed by atoms with E-state index in [0.29, 0.717) is 0 Å². The lowest BCUT2D eigenvalue weighted by molar-refractivity contribution is -0.384. The van der Waals surface area contributed by atoms with Crippen LogP contribution in [0.15, 0.2) is 78.9 Å². The summed E-state index contributed by atoms with van der Waals surface area (Å²) in [4.78, 5) is 10.4. The van der Waals surface area contributed by atoms with Gasteiger partial charge in [-0.05, 0) is 55.6 Å². The Kier molecular flexibility index (Phi) is 3.41. The van der Waals surface area contributed by atoms with Crippen molar-refractivity contribution in [2.45, 2.75) is 0 Å². The topological polar surface area (TPSA) is 43.1 Å². The molecule has 3 heteroatoms. The van der Waals surface area contributed by atoms with Crippen molar-refractivity contribution in [3.63, 3.8) is 0 Å². The molecule has 0 unspecified atom stereocenters. The minimum Gasteiger partial charge on any atom is -0.258 e. The lowest BCUT2D eigenvalue weighted by atomic mass is 9.92. The van der Waals surface area contributed by atoms with Gasteiger partial charge in [-0.3, -0.25) is 10.1 Å². The van der Waals surface area contributed by atoms with Crippen molar-refractivity contribution in [1.29, 1.82) is 0 Å². The largest absolute Gasteiger partial charge is 0.269 e. The van der Waals surface area contributed by atoms with Crippen molar-refractivity contribution in [2.75, 3.05) is 0 Å². The summed E-state index contributed by atoms with van der Waals surface area (Å²) in [5.41, 5.74) is 2.18. The third kappa shape index (κ3) is 2.52. The van der Waals surface area contributed by atoms with Crippen LogP contribution < -0.4 is 0 Å². The maximum absolute atomic E-state index is 10.8. The molecule has 0 aliphatic carbocycles. The van der Waals surface area contributed by atoms with Crippen LogP contribution >= 0.6 is 0 Å². The minimum absolute atomic E-state index is 0.106. The molecular weight excluding hydrogens is 334 g/mol. The fourth-order valence-corrected chi connectivity index (χ4v) is 3.80. The van der Waals surface area contributed by atoms with E-state index in [-0.39, 0.29) is 10.6 Å². The molecule has 5 aromatic carbocycles. The molecule has 0 heterocycles. The smallest absolute Gasteiger partial charge is 0.258 e. The number of non-ortho nitro benzene ring substituents is 1. The lowest BCUT2D eigenvalue weighted by Crippen LogP contribution is -1.87. The summed E-state index contributed by atoms with van der Waals surface area (Å²) >= 11 is 0. The molecule has 128 valence electrons. The first-order valence-corrected chi connectivity index (χ1v) is 8.80. The fourth-order valence-electron chi connectivity index (χ4n) is 3.80. The van der Waals surface area contributed by atoms with Gasteiger partial charge in [-0.25, -0.2) is 0 Å². The highest BCUT2D eigenvalue weighted by molar-refractivity contribution is 6.24. The predicted molar refractivity (Wildman–Crippen MR) is 112 cm³/mol. The number of hydrogen-bond donors (Lipinski definition) is 0. The molecule has 0 aromatic heterocycles. The first kappa shape index (κ1) is 15.5. The van der Waals surface area contributed by atoms with Crippen LogP contribution in [0.4, 0.5) is 5.69 Å². The van der Waals surface area contributed by atoms with Gasteiger partial charge < -0.3 is 0 Å².